The van der Waals surface area contributed by atoms with Gasteiger partial charge in [-0.25, -0.2) is 4.98 Å². The van der Waals surface area contributed by atoms with Gasteiger partial charge in [-0.15, -0.1) is 11.3 Å². The lowest BCUT2D eigenvalue weighted by molar-refractivity contribution is 0.245. The molecule has 2 N–H and O–H groups in total. The summed E-state index contributed by atoms with van der Waals surface area (Å²) >= 11 is 1.72. The molecule has 2 heterocycles. The zero-order valence-electron chi connectivity index (χ0n) is 15.0. The second-order valence-electron chi connectivity index (χ2n) is 6.42. The largest absolute Gasteiger partial charge is 0.355 e. The van der Waals surface area contributed by atoms with E-state index in [1.54, 1.807) is 11.3 Å². The molecule has 3 rings (SSSR count). The minimum atomic E-state index is 0.556. The molecule has 5 nitrogen and oxygen atoms in total. The molecule has 1 aliphatic rings. The fraction of sp³-hybridized carbons (Fsp3) is 0.474. The molecule has 25 heavy (non-hydrogen) atoms. The summed E-state index contributed by atoms with van der Waals surface area (Å²) in [5, 5.41) is 7.92. The maximum atomic E-state index is 4.38. The van der Waals surface area contributed by atoms with Crippen LogP contribution in [0.15, 0.2) is 41.5 Å². The Bertz CT molecular complexity index is 682. The number of aromatic nitrogens is 1. The van der Waals surface area contributed by atoms with Crippen LogP contribution in [0.25, 0.3) is 0 Å². The lowest BCUT2D eigenvalue weighted by Gasteiger charge is -2.25. The van der Waals surface area contributed by atoms with Crippen molar-refractivity contribution in [3.8, 4) is 0 Å². The van der Waals surface area contributed by atoms with Crippen LogP contribution in [-0.2, 0) is 13.1 Å². The summed E-state index contributed by atoms with van der Waals surface area (Å²) < 4.78 is 0. The van der Waals surface area contributed by atoms with Gasteiger partial charge in [0, 0.05) is 37.3 Å². The van der Waals surface area contributed by atoms with Crippen molar-refractivity contribution in [2.45, 2.75) is 38.9 Å². The molecule has 0 bridgehead atoms. The molecular formula is C19H27N5S. The number of nitrogens with zero attached hydrogens (tertiary/aromatic N) is 3. The van der Waals surface area contributed by atoms with Gasteiger partial charge in [0.15, 0.2) is 5.96 Å². The van der Waals surface area contributed by atoms with E-state index in [9.17, 15) is 0 Å². The number of thiazole rings is 1. The van der Waals surface area contributed by atoms with Crippen LogP contribution in [0.1, 0.15) is 28.3 Å². The van der Waals surface area contributed by atoms with E-state index in [0.29, 0.717) is 6.04 Å². The highest BCUT2D eigenvalue weighted by molar-refractivity contribution is 7.11. The number of hydrogen-bond donors (Lipinski definition) is 2. The molecule has 2 aromatic rings. The topological polar surface area (TPSA) is 52.6 Å². The number of rotatable bonds is 6. The zero-order chi connectivity index (χ0) is 17.5. The molecule has 0 spiro atoms. The first-order chi connectivity index (χ1) is 12.2. The second-order valence-corrected chi connectivity index (χ2v) is 7.74. The summed E-state index contributed by atoms with van der Waals surface area (Å²) in [5.74, 6) is 0.847. The first-order valence-corrected chi connectivity index (χ1v) is 9.70. The number of benzene rings is 1. The van der Waals surface area contributed by atoms with Crippen LogP contribution in [0, 0.1) is 6.92 Å². The molecule has 1 aliphatic heterocycles. The maximum Gasteiger partial charge on any atom is 0.191 e. The standard InChI is InChI=1S/C19H27N5S/c1-15-11-21-18(25-15)13-23-19(20-2)22-12-17-9-6-10-24(17)14-16-7-4-3-5-8-16/h3-5,7-8,11,17H,6,9-10,12-14H2,1-2H3,(H2,20,22,23). The SMILES string of the molecule is CN=C(NCc1ncc(C)s1)NCC1CCCN1Cc1ccccc1. The summed E-state index contributed by atoms with van der Waals surface area (Å²) in [6, 6.07) is 11.3. The normalized spacial score (nSPS) is 18.5. The fourth-order valence-corrected chi connectivity index (χ4v) is 3.96. The predicted octanol–water partition coefficient (Wildman–Crippen LogP) is 2.78. The number of aryl methyl sites for hydroxylation is 1. The third-order valence-corrected chi connectivity index (χ3v) is 5.45. The Labute approximate surface area is 154 Å². The summed E-state index contributed by atoms with van der Waals surface area (Å²) in [7, 11) is 1.82. The number of guanidine groups is 1. The summed E-state index contributed by atoms with van der Waals surface area (Å²) in [6.07, 6.45) is 4.42. The maximum absolute atomic E-state index is 4.38. The summed E-state index contributed by atoms with van der Waals surface area (Å²) in [6.45, 7) is 5.92. The smallest absolute Gasteiger partial charge is 0.191 e. The Morgan fingerprint density at radius 1 is 1.32 bits per heavy atom. The van der Waals surface area contributed by atoms with Gasteiger partial charge in [-0.3, -0.25) is 9.89 Å². The lowest BCUT2D eigenvalue weighted by Crippen LogP contribution is -2.44. The van der Waals surface area contributed by atoms with Crippen molar-refractivity contribution < 1.29 is 0 Å². The number of aliphatic imine (C=N–C) groups is 1. The second kappa shape index (κ2) is 8.97. The molecule has 1 atom stereocenters. The molecular weight excluding hydrogens is 330 g/mol. The molecule has 1 fully saturated rings. The van der Waals surface area contributed by atoms with Gasteiger partial charge >= 0.3 is 0 Å². The molecule has 134 valence electrons. The monoisotopic (exact) mass is 357 g/mol. The Morgan fingerprint density at radius 3 is 2.88 bits per heavy atom. The van der Waals surface area contributed by atoms with Gasteiger partial charge in [-0.2, -0.15) is 0 Å². The molecule has 1 unspecified atom stereocenters. The first kappa shape index (κ1) is 17.9. The highest BCUT2D eigenvalue weighted by Crippen LogP contribution is 2.19. The Hall–Kier alpha value is -1.92. The van der Waals surface area contributed by atoms with Crippen molar-refractivity contribution >= 4 is 17.3 Å². The van der Waals surface area contributed by atoms with Crippen molar-refractivity contribution in [2.75, 3.05) is 20.1 Å². The van der Waals surface area contributed by atoms with Crippen molar-refractivity contribution in [3.05, 3.63) is 52.0 Å². The van der Waals surface area contributed by atoms with Gasteiger partial charge in [0.05, 0.1) is 6.54 Å². The number of hydrogen-bond acceptors (Lipinski definition) is 4. The van der Waals surface area contributed by atoms with Crippen molar-refractivity contribution in [1.82, 2.24) is 20.5 Å². The molecule has 0 amide bonds. The average Bonchev–Trinajstić information content (AvgIpc) is 3.25. The summed E-state index contributed by atoms with van der Waals surface area (Å²) in [5.41, 5.74) is 1.39. The van der Waals surface area contributed by atoms with E-state index < -0.39 is 0 Å². The van der Waals surface area contributed by atoms with Crippen LogP contribution < -0.4 is 10.6 Å². The van der Waals surface area contributed by atoms with Gasteiger partial charge in [0.2, 0.25) is 0 Å². The summed E-state index contributed by atoms with van der Waals surface area (Å²) in [4.78, 5) is 12.5. The van der Waals surface area contributed by atoms with Gasteiger partial charge in [-0.1, -0.05) is 30.3 Å². The third kappa shape index (κ3) is 5.28. The van der Waals surface area contributed by atoms with E-state index in [0.717, 1.165) is 30.6 Å². The molecule has 0 aliphatic carbocycles. The first-order valence-electron chi connectivity index (χ1n) is 8.88. The predicted molar refractivity (Wildman–Crippen MR) is 105 cm³/mol. The van der Waals surface area contributed by atoms with E-state index in [1.165, 1.54) is 29.8 Å². The highest BCUT2D eigenvalue weighted by Gasteiger charge is 2.24. The van der Waals surface area contributed by atoms with E-state index in [-0.39, 0.29) is 0 Å². The molecule has 0 saturated carbocycles. The van der Waals surface area contributed by atoms with Gasteiger partial charge in [-0.05, 0) is 31.9 Å². The fourth-order valence-electron chi connectivity index (χ4n) is 3.23. The minimum absolute atomic E-state index is 0.556. The quantitative estimate of drug-likeness (QED) is 0.617. The van der Waals surface area contributed by atoms with Gasteiger partial charge in [0.25, 0.3) is 0 Å². The molecule has 0 radical (unpaired) electrons. The third-order valence-electron chi connectivity index (χ3n) is 4.53. The Kier molecular flexibility index (Phi) is 6.42. The molecule has 6 heteroatoms. The van der Waals surface area contributed by atoms with Crippen molar-refractivity contribution in [1.29, 1.82) is 0 Å². The van der Waals surface area contributed by atoms with E-state index in [1.807, 2.05) is 13.2 Å². The van der Waals surface area contributed by atoms with E-state index in [4.69, 9.17) is 0 Å². The van der Waals surface area contributed by atoms with Gasteiger partial charge < -0.3 is 10.6 Å². The number of nitrogens with one attached hydrogen (secondary N) is 2. The van der Waals surface area contributed by atoms with Crippen LogP contribution in [0.5, 0.6) is 0 Å². The average molecular weight is 358 g/mol. The van der Waals surface area contributed by atoms with Crippen LogP contribution in [0.4, 0.5) is 0 Å². The van der Waals surface area contributed by atoms with E-state index in [2.05, 4.69) is 62.8 Å². The number of likely N-dealkylation sites (tertiary alicyclic amines) is 1. The van der Waals surface area contributed by atoms with Crippen molar-refractivity contribution in [3.63, 3.8) is 0 Å². The van der Waals surface area contributed by atoms with Crippen LogP contribution in [-0.4, -0.2) is 42.0 Å². The van der Waals surface area contributed by atoms with Crippen molar-refractivity contribution in [2.24, 2.45) is 4.99 Å². The Balaban J connectivity index is 1.47. The Morgan fingerprint density at radius 2 is 2.16 bits per heavy atom. The molecule has 1 aromatic carbocycles. The highest BCUT2D eigenvalue weighted by atomic mass is 32.1. The van der Waals surface area contributed by atoms with Crippen LogP contribution in [0.3, 0.4) is 0 Å². The molecule has 1 aromatic heterocycles. The lowest BCUT2D eigenvalue weighted by atomic mass is 10.2. The zero-order valence-corrected chi connectivity index (χ0v) is 15.9. The van der Waals surface area contributed by atoms with E-state index >= 15 is 0 Å². The molecule has 1 saturated heterocycles. The van der Waals surface area contributed by atoms with Gasteiger partial charge in [0.1, 0.15) is 5.01 Å². The van der Waals surface area contributed by atoms with Crippen LogP contribution in [0.2, 0.25) is 0 Å². The minimum Gasteiger partial charge on any atom is -0.355 e. The van der Waals surface area contributed by atoms with Crippen LogP contribution >= 0.6 is 11.3 Å².